The minimum Gasteiger partial charge on any atom is -0.469 e. The Morgan fingerprint density at radius 1 is 1.20 bits per heavy atom. The van der Waals surface area contributed by atoms with Gasteiger partial charge in [-0.25, -0.2) is 0 Å². The first-order valence-corrected chi connectivity index (χ1v) is 7.43. The van der Waals surface area contributed by atoms with Crippen LogP contribution in [0.15, 0.2) is 42.5 Å². The van der Waals surface area contributed by atoms with E-state index in [1.165, 1.54) is 17.6 Å². The fourth-order valence-electron chi connectivity index (χ4n) is 1.94. The van der Waals surface area contributed by atoms with Crippen LogP contribution in [0, 0.1) is 0 Å². The highest BCUT2D eigenvalue weighted by Gasteiger charge is 2.08. The highest BCUT2D eigenvalue weighted by molar-refractivity contribution is 7.12. The second-order valence-corrected chi connectivity index (χ2v) is 5.89. The van der Waals surface area contributed by atoms with Crippen LogP contribution in [0.3, 0.4) is 0 Å². The topological polar surface area (TPSA) is 38.3 Å². The second kappa shape index (κ2) is 7.22. The van der Waals surface area contributed by atoms with Gasteiger partial charge in [0.15, 0.2) is 0 Å². The van der Waals surface area contributed by atoms with Crippen LogP contribution in [0.2, 0.25) is 0 Å². The summed E-state index contributed by atoms with van der Waals surface area (Å²) < 4.78 is 4.67. The number of ether oxygens (including phenoxy) is 1. The smallest absolute Gasteiger partial charge is 0.310 e. The molecule has 0 spiro atoms. The van der Waals surface area contributed by atoms with Crippen LogP contribution >= 0.6 is 11.3 Å². The maximum absolute atomic E-state index is 11.2. The average molecular weight is 289 g/mol. The summed E-state index contributed by atoms with van der Waals surface area (Å²) in [6.45, 7) is 2.96. The quantitative estimate of drug-likeness (QED) is 0.829. The van der Waals surface area contributed by atoms with Gasteiger partial charge in [0.25, 0.3) is 0 Å². The summed E-state index contributed by atoms with van der Waals surface area (Å²) in [4.78, 5) is 13.5. The summed E-state index contributed by atoms with van der Waals surface area (Å²) in [5.41, 5.74) is 1.28. The van der Waals surface area contributed by atoms with Crippen LogP contribution in [0.5, 0.6) is 0 Å². The molecule has 2 rings (SSSR count). The molecule has 0 unspecified atom stereocenters. The molecule has 0 aliphatic rings. The first-order valence-electron chi connectivity index (χ1n) is 6.62. The molecule has 1 N–H and O–H groups in total. The molecule has 0 aliphatic heterocycles. The van der Waals surface area contributed by atoms with Gasteiger partial charge >= 0.3 is 5.97 Å². The summed E-state index contributed by atoms with van der Waals surface area (Å²) in [5, 5.41) is 3.49. The van der Waals surface area contributed by atoms with Crippen molar-refractivity contribution < 1.29 is 9.53 Å². The van der Waals surface area contributed by atoms with Gasteiger partial charge in [-0.3, -0.25) is 4.79 Å². The maximum Gasteiger partial charge on any atom is 0.310 e. The van der Waals surface area contributed by atoms with E-state index in [2.05, 4.69) is 35.2 Å². The SMILES string of the molecule is COC(=O)Cc1ccc(CN[C@H](C)c2ccccc2)s1. The van der Waals surface area contributed by atoms with Crippen molar-refractivity contribution in [3.05, 3.63) is 57.8 Å². The number of benzene rings is 1. The highest BCUT2D eigenvalue weighted by atomic mass is 32.1. The Bertz CT molecular complexity index is 551. The third-order valence-corrected chi connectivity index (χ3v) is 4.23. The fourth-order valence-corrected chi connectivity index (χ4v) is 2.89. The fraction of sp³-hybridized carbons (Fsp3) is 0.312. The lowest BCUT2D eigenvalue weighted by molar-refractivity contribution is -0.139. The molecule has 0 bridgehead atoms. The zero-order valence-electron chi connectivity index (χ0n) is 11.8. The first kappa shape index (κ1) is 14.8. The lowest BCUT2D eigenvalue weighted by Gasteiger charge is -2.13. The van der Waals surface area contributed by atoms with E-state index < -0.39 is 0 Å². The number of carbonyl (C=O) groups is 1. The third kappa shape index (κ3) is 4.18. The summed E-state index contributed by atoms with van der Waals surface area (Å²) in [6.07, 6.45) is 0.357. The number of rotatable bonds is 6. The van der Waals surface area contributed by atoms with Crippen molar-refractivity contribution in [3.8, 4) is 0 Å². The molecule has 1 heterocycles. The predicted octanol–water partition coefficient (Wildman–Crippen LogP) is 3.31. The van der Waals surface area contributed by atoms with E-state index in [9.17, 15) is 4.79 Å². The number of hydrogen-bond acceptors (Lipinski definition) is 4. The Morgan fingerprint density at radius 2 is 1.90 bits per heavy atom. The van der Waals surface area contributed by atoms with Crippen LogP contribution in [-0.2, 0) is 22.5 Å². The van der Waals surface area contributed by atoms with Gasteiger partial charge in [0.2, 0.25) is 0 Å². The number of esters is 1. The molecule has 0 radical (unpaired) electrons. The van der Waals surface area contributed by atoms with Crippen LogP contribution in [0.1, 0.15) is 28.3 Å². The summed E-state index contributed by atoms with van der Waals surface area (Å²) in [5.74, 6) is -0.191. The summed E-state index contributed by atoms with van der Waals surface area (Å²) >= 11 is 1.65. The molecule has 3 nitrogen and oxygen atoms in total. The van der Waals surface area contributed by atoms with Crippen molar-refractivity contribution in [2.24, 2.45) is 0 Å². The number of hydrogen-bond donors (Lipinski definition) is 1. The van der Waals surface area contributed by atoms with Gasteiger partial charge in [0.1, 0.15) is 0 Å². The lowest BCUT2D eigenvalue weighted by Crippen LogP contribution is -2.17. The molecular formula is C16H19NO2S. The zero-order chi connectivity index (χ0) is 14.4. The molecule has 4 heteroatoms. The average Bonchev–Trinajstić information content (AvgIpc) is 2.93. The first-order chi connectivity index (χ1) is 9.69. The van der Waals surface area contributed by atoms with Crippen LogP contribution in [-0.4, -0.2) is 13.1 Å². The summed E-state index contributed by atoms with van der Waals surface area (Å²) in [7, 11) is 1.42. The van der Waals surface area contributed by atoms with Gasteiger partial charge in [-0.15, -0.1) is 11.3 Å². The largest absolute Gasteiger partial charge is 0.469 e. The van der Waals surface area contributed by atoms with E-state index in [4.69, 9.17) is 0 Å². The van der Waals surface area contributed by atoms with E-state index in [1.54, 1.807) is 11.3 Å². The number of nitrogens with one attached hydrogen (secondary N) is 1. The molecule has 0 aliphatic carbocycles. The third-order valence-electron chi connectivity index (χ3n) is 3.15. The monoisotopic (exact) mass is 289 g/mol. The maximum atomic E-state index is 11.2. The highest BCUT2D eigenvalue weighted by Crippen LogP contribution is 2.19. The van der Waals surface area contributed by atoms with Gasteiger partial charge in [-0.1, -0.05) is 30.3 Å². The van der Waals surface area contributed by atoms with Crippen molar-refractivity contribution in [1.29, 1.82) is 0 Å². The molecule has 0 amide bonds. The van der Waals surface area contributed by atoms with Gasteiger partial charge < -0.3 is 10.1 Å². The van der Waals surface area contributed by atoms with E-state index in [1.807, 2.05) is 24.3 Å². The second-order valence-electron chi connectivity index (χ2n) is 4.63. The van der Waals surface area contributed by atoms with Gasteiger partial charge in [0, 0.05) is 22.3 Å². The van der Waals surface area contributed by atoms with Gasteiger partial charge in [-0.05, 0) is 24.6 Å². The minimum atomic E-state index is -0.191. The molecular weight excluding hydrogens is 270 g/mol. The molecule has 0 saturated heterocycles. The van der Waals surface area contributed by atoms with Crippen molar-refractivity contribution in [1.82, 2.24) is 5.32 Å². The Morgan fingerprint density at radius 3 is 2.60 bits per heavy atom. The van der Waals surface area contributed by atoms with E-state index in [-0.39, 0.29) is 5.97 Å². The Hall–Kier alpha value is -1.65. The molecule has 2 aromatic rings. The zero-order valence-corrected chi connectivity index (χ0v) is 12.6. The van der Waals surface area contributed by atoms with E-state index in [0.717, 1.165) is 11.4 Å². The van der Waals surface area contributed by atoms with E-state index in [0.29, 0.717) is 12.5 Å². The Kier molecular flexibility index (Phi) is 5.32. The Balaban J connectivity index is 1.87. The van der Waals surface area contributed by atoms with Crippen molar-refractivity contribution in [2.75, 3.05) is 7.11 Å². The minimum absolute atomic E-state index is 0.191. The molecule has 20 heavy (non-hydrogen) atoms. The Labute approximate surface area is 123 Å². The molecule has 0 saturated carbocycles. The normalized spacial score (nSPS) is 12.1. The summed E-state index contributed by atoms with van der Waals surface area (Å²) in [6, 6.07) is 14.7. The molecule has 106 valence electrons. The molecule has 1 aromatic heterocycles. The van der Waals surface area contributed by atoms with Crippen molar-refractivity contribution in [3.63, 3.8) is 0 Å². The van der Waals surface area contributed by atoms with E-state index >= 15 is 0 Å². The van der Waals surface area contributed by atoms with Crippen molar-refractivity contribution >= 4 is 17.3 Å². The molecule has 1 atom stereocenters. The number of thiophene rings is 1. The van der Waals surface area contributed by atoms with Crippen LogP contribution in [0.4, 0.5) is 0 Å². The van der Waals surface area contributed by atoms with Gasteiger partial charge in [-0.2, -0.15) is 0 Å². The number of carbonyl (C=O) groups excluding carboxylic acids is 1. The van der Waals surface area contributed by atoms with Gasteiger partial charge in [0.05, 0.1) is 13.5 Å². The van der Waals surface area contributed by atoms with Crippen LogP contribution in [0.25, 0.3) is 0 Å². The lowest BCUT2D eigenvalue weighted by atomic mass is 10.1. The molecule has 1 aromatic carbocycles. The number of methoxy groups -OCH3 is 1. The standard InChI is InChI=1S/C16H19NO2S/c1-12(13-6-4-3-5-7-13)17-11-15-9-8-14(20-15)10-16(18)19-2/h3-9,12,17H,10-11H2,1-2H3/t12-/m1/s1. The van der Waals surface area contributed by atoms with Crippen molar-refractivity contribution in [2.45, 2.75) is 25.9 Å². The van der Waals surface area contributed by atoms with Crippen LogP contribution < -0.4 is 5.32 Å². The molecule has 0 fully saturated rings. The predicted molar refractivity (Wildman–Crippen MR) is 81.7 cm³/mol.